The SMILES string of the molecule is C[C@H]1c2ccccc2CN[C@]1(C)C(=O)O. The van der Waals surface area contributed by atoms with Crippen LogP contribution in [0.5, 0.6) is 0 Å². The Labute approximate surface area is 89.1 Å². The van der Waals surface area contributed by atoms with Crippen LogP contribution in [0.3, 0.4) is 0 Å². The molecular formula is C12H15NO2. The van der Waals surface area contributed by atoms with E-state index >= 15 is 0 Å². The molecule has 0 bridgehead atoms. The summed E-state index contributed by atoms with van der Waals surface area (Å²) in [6.45, 7) is 4.33. The van der Waals surface area contributed by atoms with Gasteiger partial charge in [-0.1, -0.05) is 31.2 Å². The zero-order chi connectivity index (χ0) is 11.1. The van der Waals surface area contributed by atoms with Crippen LogP contribution in [0.4, 0.5) is 0 Å². The quantitative estimate of drug-likeness (QED) is 0.734. The molecule has 0 spiro atoms. The highest BCUT2D eigenvalue weighted by atomic mass is 16.4. The Bertz CT molecular complexity index is 402. The van der Waals surface area contributed by atoms with Gasteiger partial charge in [-0.05, 0) is 18.1 Å². The van der Waals surface area contributed by atoms with Crippen LogP contribution >= 0.6 is 0 Å². The summed E-state index contributed by atoms with van der Waals surface area (Å²) in [6, 6.07) is 8.00. The average molecular weight is 205 g/mol. The molecule has 0 aromatic heterocycles. The van der Waals surface area contributed by atoms with Crippen molar-refractivity contribution >= 4 is 5.97 Å². The third-order valence-corrected chi connectivity index (χ3v) is 3.48. The second kappa shape index (κ2) is 3.35. The van der Waals surface area contributed by atoms with E-state index in [1.807, 2.05) is 31.2 Å². The Morgan fingerprint density at radius 3 is 2.87 bits per heavy atom. The van der Waals surface area contributed by atoms with E-state index in [0.717, 1.165) is 5.56 Å². The highest BCUT2D eigenvalue weighted by Crippen LogP contribution is 2.34. The van der Waals surface area contributed by atoms with Crippen molar-refractivity contribution < 1.29 is 9.90 Å². The Morgan fingerprint density at radius 2 is 2.20 bits per heavy atom. The highest BCUT2D eigenvalue weighted by Gasteiger charge is 2.42. The van der Waals surface area contributed by atoms with Gasteiger partial charge in [0.1, 0.15) is 5.54 Å². The van der Waals surface area contributed by atoms with E-state index in [0.29, 0.717) is 6.54 Å². The fraction of sp³-hybridized carbons (Fsp3) is 0.417. The topological polar surface area (TPSA) is 49.3 Å². The molecule has 3 nitrogen and oxygen atoms in total. The van der Waals surface area contributed by atoms with Gasteiger partial charge in [-0.25, -0.2) is 0 Å². The van der Waals surface area contributed by atoms with Crippen molar-refractivity contribution in [2.24, 2.45) is 0 Å². The van der Waals surface area contributed by atoms with Crippen LogP contribution in [0.2, 0.25) is 0 Å². The fourth-order valence-electron chi connectivity index (χ4n) is 2.12. The summed E-state index contributed by atoms with van der Waals surface area (Å²) in [7, 11) is 0. The lowest BCUT2D eigenvalue weighted by molar-refractivity contribution is -0.145. The Kier molecular flexibility index (Phi) is 2.27. The summed E-state index contributed by atoms with van der Waals surface area (Å²) < 4.78 is 0. The van der Waals surface area contributed by atoms with Crippen LogP contribution in [-0.2, 0) is 11.3 Å². The molecule has 1 aromatic rings. The maximum Gasteiger partial charge on any atom is 0.324 e. The molecule has 3 heteroatoms. The van der Waals surface area contributed by atoms with Crippen LogP contribution in [0, 0.1) is 0 Å². The number of nitrogens with one attached hydrogen (secondary N) is 1. The monoisotopic (exact) mass is 205 g/mol. The van der Waals surface area contributed by atoms with Crippen LogP contribution in [-0.4, -0.2) is 16.6 Å². The molecule has 1 aliphatic heterocycles. The fourth-order valence-corrected chi connectivity index (χ4v) is 2.12. The molecule has 80 valence electrons. The van der Waals surface area contributed by atoms with E-state index < -0.39 is 11.5 Å². The molecule has 0 saturated carbocycles. The number of benzene rings is 1. The van der Waals surface area contributed by atoms with Crippen molar-refractivity contribution in [3.05, 3.63) is 35.4 Å². The van der Waals surface area contributed by atoms with Crippen LogP contribution < -0.4 is 5.32 Å². The highest BCUT2D eigenvalue weighted by molar-refractivity contribution is 5.80. The normalized spacial score (nSPS) is 29.6. The summed E-state index contributed by atoms with van der Waals surface area (Å²) in [5.41, 5.74) is 1.49. The molecule has 0 fully saturated rings. The first-order chi connectivity index (χ1) is 7.05. The number of carbonyl (C=O) groups is 1. The molecule has 2 rings (SSSR count). The van der Waals surface area contributed by atoms with Gasteiger partial charge in [0.15, 0.2) is 0 Å². The molecular weight excluding hydrogens is 190 g/mol. The maximum absolute atomic E-state index is 11.2. The third-order valence-electron chi connectivity index (χ3n) is 3.48. The number of aliphatic carboxylic acids is 1. The molecule has 2 N–H and O–H groups in total. The Morgan fingerprint density at radius 1 is 1.53 bits per heavy atom. The smallest absolute Gasteiger partial charge is 0.324 e. The Balaban J connectivity index is 2.46. The zero-order valence-corrected chi connectivity index (χ0v) is 8.95. The second-order valence-corrected chi connectivity index (χ2v) is 4.28. The van der Waals surface area contributed by atoms with Crippen LogP contribution in [0.25, 0.3) is 0 Å². The number of carboxylic acids is 1. The number of rotatable bonds is 1. The van der Waals surface area contributed by atoms with Gasteiger partial charge in [0.25, 0.3) is 0 Å². The van der Waals surface area contributed by atoms with Gasteiger partial charge in [0.2, 0.25) is 0 Å². The molecule has 1 heterocycles. The van der Waals surface area contributed by atoms with Gasteiger partial charge in [-0.3, -0.25) is 10.1 Å². The van der Waals surface area contributed by atoms with E-state index in [-0.39, 0.29) is 5.92 Å². The van der Waals surface area contributed by atoms with E-state index in [1.165, 1.54) is 5.56 Å². The van der Waals surface area contributed by atoms with Crippen LogP contribution in [0.1, 0.15) is 30.9 Å². The molecule has 0 saturated heterocycles. The average Bonchev–Trinajstić information content (AvgIpc) is 2.24. The molecule has 0 amide bonds. The lowest BCUT2D eigenvalue weighted by Crippen LogP contribution is -2.55. The number of fused-ring (bicyclic) bond motifs is 1. The zero-order valence-electron chi connectivity index (χ0n) is 8.95. The summed E-state index contributed by atoms with van der Waals surface area (Å²) in [5.74, 6) is -0.801. The summed E-state index contributed by atoms with van der Waals surface area (Å²) in [4.78, 5) is 11.2. The molecule has 0 unspecified atom stereocenters. The van der Waals surface area contributed by atoms with Crippen molar-refractivity contribution in [1.82, 2.24) is 5.32 Å². The van der Waals surface area contributed by atoms with Crippen LogP contribution in [0.15, 0.2) is 24.3 Å². The van der Waals surface area contributed by atoms with Crippen molar-refractivity contribution in [2.75, 3.05) is 0 Å². The maximum atomic E-state index is 11.2. The van der Waals surface area contributed by atoms with Gasteiger partial charge in [0.05, 0.1) is 0 Å². The molecule has 2 atom stereocenters. The van der Waals surface area contributed by atoms with E-state index in [2.05, 4.69) is 5.32 Å². The summed E-state index contributed by atoms with van der Waals surface area (Å²) in [6.07, 6.45) is 0. The first-order valence-electron chi connectivity index (χ1n) is 5.12. The number of carboxylic acid groups (broad SMARTS) is 1. The van der Waals surface area contributed by atoms with Gasteiger partial charge < -0.3 is 5.11 Å². The van der Waals surface area contributed by atoms with Gasteiger partial charge in [-0.2, -0.15) is 0 Å². The molecule has 15 heavy (non-hydrogen) atoms. The lowest BCUT2D eigenvalue weighted by Gasteiger charge is -2.38. The molecule has 1 aromatic carbocycles. The first kappa shape index (κ1) is 10.2. The molecule has 0 radical (unpaired) electrons. The third kappa shape index (κ3) is 1.43. The van der Waals surface area contributed by atoms with E-state index in [4.69, 9.17) is 0 Å². The van der Waals surface area contributed by atoms with Crippen molar-refractivity contribution in [2.45, 2.75) is 31.8 Å². The van der Waals surface area contributed by atoms with E-state index in [9.17, 15) is 9.90 Å². The van der Waals surface area contributed by atoms with Gasteiger partial charge in [0, 0.05) is 12.5 Å². The standard InChI is InChI=1S/C12H15NO2/c1-8-10-6-4-3-5-9(10)7-13-12(8,2)11(14)15/h3-6,8,13H,7H2,1-2H3,(H,14,15)/t8-,12-/m0/s1. The minimum atomic E-state index is -0.853. The predicted molar refractivity (Wildman–Crippen MR) is 57.7 cm³/mol. The van der Waals surface area contributed by atoms with Crippen molar-refractivity contribution in [3.63, 3.8) is 0 Å². The van der Waals surface area contributed by atoms with Gasteiger partial charge >= 0.3 is 5.97 Å². The molecule has 0 aliphatic carbocycles. The number of hydrogen-bond acceptors (Lipinski definition) is 2. The molecule has 1 aliphatic rings. The largest absolute Gasteiger partial charge is 0.480 e. The van der Waals surface area contributed by atoms with Gasteiger partial charge in [-0.15, -0.1) is 0 Å². The predicted octanol–water partition coefficient (Wildman–Crippen LogP) is 1.74. The first-order valence-corrected chi connectivity index (χ1v) is 5.12. The lowest BCUT2D eigenvalue weighted by atomic mass is 9.77. The summed E-state index contributed by atoms with van der Waals surface area (Å²) >= 11 is 0. The second-order valence-electron chi connectivity index (χ2n) is 4.28. The minimum absolute atomic E-state index is 0.0139. The number of hydrogen-bond donors (Lipinski definition) is 2. The Hall–Kier alpha value is -1.35. The summed E-state index contributed by atoms with van der Waals surface area (Å²) in [5, 5.41) is 12.3. The van der Waals surface area contributed by atoms with E-state index in [1.54, 1.807) is 6.92 Å². The van der Waals surface area contributed by atoms with Crippen molar-refractivity contribution in [1.29, 1.82) is 0 Å². The van der Waals surface area contributed by atoms with Crippen molar-refractivity contribution in [3.8, 4) is 0 Å². The minimum Gasteiger partial charge on any atom is -0.480 e.